The van der Waals surface area contributed by atoms with E-state index in [1.807, 2.05) is 25.3 Å². The highest BCUT2D eigenvalue weighted by Gasteiger charge is 2.24. The number of nitrogens with zero attached hydrogens (tertiary/aromatic N) is 4. The third-order valence-corrected chi connectivity index (χ3v) is 7.77. The van der Waals surface area contributed by atoms with E-state index in [1.165, 1.54) is 23.1 Å². The molecule has 1 atom stereocenters. The summed E-state index contributed by atoms with van der Waals surface area (Å²) in [4.78, 5) is 31.7. The number of nitrogens with one attached hydrogen (secondary N) is 2. The van der Waals surface area contributed by atoms with Crippen molar-refractivity contribution >= 4 is 50.1 Å². The van der Waals surface area contributed by atoms with E-state index >= 15 is 0 Å². The topological polar surface area (TPSA) is 76.6 Å². The summed E-state index contributed by atoms with van der Waals surface area (Å²) in [6.45, 7) is 9.82. The number of carbonyl (C=O) groups excluding carboxylic acids is 1. The van der Waals surface area contributed by atoms with Crippen LogP contribution >= 0.6 is 23.1 Å². The molecule has 4 rings (SSSR count). The number of H-pyrrole nitrogens is 1. The van der Waals surface area contributed by atoms with Crippen molar-refractivity contribution in [3.8, 4) is 0 Å². The molecule has 1 saturated heterocycles. The van der Waals surface area contributed by atoms with Crippen molar-refractivity contribution in [3.63, 3.8) is 0 Å². The Morgan fingerprint density at radius 1 is 1.33 bits per heavy atom. The summed E-state index contributed by atoms with van der Waals surface area (Å²) in [6, 6.07) is 7.93. The van der Waals surface area contributed by atoms with Crippen molar-refractivity contribution in [3.05, 3.63) is 58.6 Å². The fourth-order valence-corrected chi connectivity index (χ4v) is 5.52. The lowest BCUT2D eigenvalue weighted by molar-refractivity contribution is 0.0951. The normalized spacial score (nSPS) is 16.2. The number of rotatable bonds is 7. The van der Waals surface area contributed by atoms with Gasteiger partial charge < -0.3 is 20.1 Å². The molecule has 0 bridgehead atoms. The Morgan fingerprint density at radius 2 is 2.09 bits per heavy atom. The maximum Gasteiger partial charge on any atom is 0.263 e. The van der Waals surface area contributed by atoms with E-state index in [2.05, 4.69) is 55.8 Å². The van der Waals surface area contributed by atoms with E-state index in [9.17, 15) is 4.79 Å². The molecule has 9 heteroatoms. The van der Waals surface area contributed by atoms with Crippen LogP contribution in [0.1, 0.15) is 22.2 Å². The molecule has 1 fully saturated rings. The molecule has 0 saturated carbocycles. The van der Waals surface area contributed by atoms with Gasteiger partial charge in [-0.3, -0.25) is 9.79 Å². The van der Waals surface area contributed by atoms with Crippen molar-refractivity contribution in [2.75, 3.05) is 45.2 Å². The average Bonchev–Trinajstić information content (AvgIpc) is 3.45. The van der Waals surface area contributed by atoms with Gasteiger partial charge in [-0.1, -0.05) is 47.9 Å². The van der Waals surface area contributed by atoms with Crippen LogP contribution in [-0.2, 0) is 6.42 Å². The van der Waals surface area contributed by atoms with Crippen molar-refractivity contribution in [2.45, 2.75) is 19.4 Å². The van der Waals surface area contributed by atoms with Gasteiger partial charge in [0.25, 0.3) is 5.91 Å². The Morgan fingerprint density at radius 3 is 2.82 bits per heavy atom. The molecular formula is C24H30N6OS2. The van der Waals surface area contributed by atoms with Gasteiger partial charge >= 0.3 is 0 Å². The van der Waals surface area contributed by atoms with Gasteiger partial charge in [0.15, 0.2) is 5.13 Å². The largest absolute Gasteiger partial charge is 0.361 e. The molecule has 3 heterocycles. The molecule has 1 aromatic carbocycles. The van der Waals surface area contributed by atoms with E-state index < -0.39 is 0 Å². The Hall–Kier alpha value is -2.62. The molecule has 0 radical (unpaired) electrons. The summed E-state index contributed by atoms with van der Waals surface area (Å²) >= 11 is 2.95. The maximum absolute atomic E-state index is 13.2. The molecule has 0 spiro atoms. The first-order chi connectivity index (χ1) is 15.9. The van der Waals surface area contributed by atoms with Gasteiger partial charge in [-0.25, -0.2) is 4.98 Å². The fourth-order valence-electron chi connectivity index (χ4n) is 3.91. The zero-order valence-electron chi connectivity index (χ0n) is 19.3. The minimum atomic E-state index is -0.266. The van der Waals surface area contributed by atoms with Crippen LogP contribution in [-0.4, -0.2) is 72.1 Å². The van der Waals surface area contributed by atoms with Crippen LogP contribution in [0.2, 0.25) is 0 Å². The Balaban J connectivity index is 1.53. The molecule has 174 valence electrons. The first kappa shape index (κ1) is 23.5. The van der Waals surface area contributed by atoms with E-state index in [0.29, 0.717) is 11.3 Å². The van der Waals surface area contributed by atoms with Gasteiger partial charge in [-0.05, 0) is 30.5 Å². The SMILES string of the molecule is C=C(C)SC(=NC)C(Cc1c[nH]c2ccccc12)NC(=O)c1cnc(N2CCN(C)CC2)s1. The third-order valence-electron chi connectivity index (χ3n) is 5.69. The van der Waals surface area contributed by atoms with Crippen LogP contribution in [0, 0.1) is 0 Å². The average molecular weight is 483 g/mol. The van der Waals surface area contributed by atoms with Gasteiger partial charge in [0, 0.05) is 56.7 Å². The van der Waals surface area contributed by atoms with Crippen LogP contribution in [0.25, 0.3) is 10.9 Å². The predicted molar refractivity (Wildman–Crippen MR) is 141 cm³/mol. The third kappa shape index (κ3) is 5.66. The standard InChI is InChI=1S/C24H30N6OS2/c1-16(2)32-23(25-3)20(13-17-14-26-19-8-6-5-7-18(17)19)28-22(31)21-15-27-24(33-21)30-11-9-29(4)10-12-30/h5-8,14-15,20,26H,1,9-13H2,2-4H3,(H,28,31). The molecule has 33 heavy (non-hydrogen) atoms. The van der Waals surface area contributed by atoms with Gasteiger partial charge in [0.1, 0.15) is 4.88 Å². The number of benzene rings is 1. The smallest absolute Gasteiger partial charge is 0.263 e. The van der Waals surface area contributed by atoms with Crippen LogP contribution < -0.4 is 10.2 Å². The molecule has 1 amide bonds. The number of fused-ring (bicyclic) bond motifs is 1. The number of piperazine rings is 1. The summed E-state index contributed by atoms with van der Waals surface area (Å²) in [6.07, 6.45) is 4.33. The highest BCUT2D eigenvalue weighted by Crippen LogP contribution is 2.26. The van der Waals surface area contributed by atoms with Crippen molar-refractivity contribution in [1.82, 2.24) is 20.2 Å². The highest BCUT2D eigenvalue weighted by atomic mass is 32.2. The number of allylic oxidation sites excluding steroid dienone is 1. The summed E-state index contributed by atoms with van der Waals surface area (Å²) in [5.41, 5.74) is 2.22. The van der Waals surface area contributed by atoms with E-state index in [1.54, 1.807) is 13.2 Å². The first-order valence-corrected chi connectivity index (χ1v) is 12.6. The number of anilines is 1. The summed E-state index contributed by atoms with van der Waals surface area (Å²) in [7, 11) is 3.89. The minimum absolute atomic E-state index is 0.124. The number of likely N-dealkylation sites (N-methyl/N-ethyl adjacent to an activating group) is 1. The number of para-hydroxylation sites is 1. The van der Waals surface area contributed by atoms with E-state index in [0.717, 1.165) is 57.7 Å². The van der Waals surface area contributed by atoms with Crippen molar-refractivity contribution < 1.29 is 4.79 Å². The molecule has 2 N–H and O–H groups in total. The maximum atomic E-state index is 13.2. The van der Waals surface area contributed by atoms with Crippen LogP contribution in [0.4, 0.5) is 5.13 Å². The summed E-state index contributed by atoms with van der Waals surface area (Å²) in [5, 5.41) is 6.11. The van der Waals surface area contributed by atoms with Gasteiger partial charge in [0.2, 0.25) is 0 Å². The van der Waals surface area contributed by atoms with Crippen LogP contribution in [0.3, 0.4) is 0 Å². The van der Waals surface area contributed by atoms with Gasteiger partial charge in [0.05, 0.1) is 17.3 Å². The van der Waals surface area contributed by atoms with E-state index in [4.69, 9.17) is 0 Å². The summed E-state index contributed by atoms with van der Waals surface area (Å²) in [5.74, 6) is -0.124. The Kier molecular flexibility index (Phi) is 7.52. The zero-order chi connectivity index (χ0) is 23.4. The Labute approximate surface area is 203 Å². The quantitative estimate of drug-likeness (QED) is 0.393. The number of thiazole rings is 1. The number of aliphatic imine (C=N–C) groups is 1. The lowest BCUT2D eigenvalue weighted by atomic mass is 10.1. The number of aromatic amines is 1. The molecule has 7 nitrogen and oxygen atoms in total. The van der Waals surface area contributed by atoms with E-state index in [-0.39, 0.29) is 11.9 Å². The lowest BCUT2D eigenvalue weighted by Gasteiger charge is -2.32. The second-order valence-electron chi connectivity index (χ2n) is 8.25. The molecule has 1 aliphatic heterocycles. The van der Waals surface area contributed by atoms with Crippen molar-refractivity contribution in [2.24, 2.45) is 4.99 Å². The van der Waals surface area contributed by atoms with Crippen molar-refractivity contribution in [1.29, 1.82) is 0 Å². The predicted octanol–water partition coefficient (Wildman–Crippen LogP) is 4.01. The number of aromatic nitrogens is 2. The van der Waals surface area contributed by atoms with Gasteiger partial charge in [-0.15, -0.1) is 0 Å². The molecule has 1 aliphatic rings. The fraction of sp³-hybridized carbons (Fsp3) is 0.375. The minimum Gasteiger partial charge on any atom is -0.361 e. The highest BCUT2D eigenvalue weighted by molar-refractivity contribution is 8.17. The number of thioether (sulfide) groups is 1. The second kappa shape index (κ2) is 10.5. The van der Waals surface area contributed by atoms with Gasteiger partial charge in [-0.2, -0.15) is 0 Å². The molecule has 0 aliphatic carbocycles. The van der Waals surface area contributed by atoms with Crippen LogP contribution in [0.5, 0.6) is 0 Å². The molecular weight excluding hydrogens is 452 g/mol. The Bertz CT molecular complexity index is 1160. The number of hydrogen-bond donors (Lipinski definition) is 2. The zero-order valence-corrected chi connectivity index (χ0v) is 20.9. The number of hydrogen-bond acceptors (Lipinski definition) is 7. The molecule has 2 aromatic heterocycles. The molecule has 3 aromatic rings. The second-order valence-corrected chi connectivity index (χ2v) is 10.6. The number of carbonyl (C=O) groups is 1. The van der Waals surface area contributed by atoms with Crippen LogP contribution in [0.15, 0.2) is 53.1 Å². The molecule has 1 unspecified atom stereocenters. The first-order valence-electron chi connectivity index (χ1n) is 11.0. The monoisotopic (exact) mass is 482 g/mol. The lowest BCUT2D eigenvalue weighted by Crippen LogP contribution is -2.44. The number of amides is 1. The summed E-state index contributed by atoms with van der Waals surface area (Å²) < 4.78 is 0.